The van der Waals surface area contributed by atoms with Gasteiger partial charge in [0.25, 0.3) is 5.82 Å². The Bertz CT molecular complexity index is 1100. The number of hydrogen-bond donors (Lipinski definition) is 2. The molecule has 0 unspecified atom stereocenters. The first-order valence-electron chi connectivity index (χ1n) is 9.04. The van der Waals surface area contributed by atoms with Gasteiger partial charge in [0.1, 0.15) is 11.4 Å². The summed E-state index contributed by atoms with van der Waals surface area (Å²) in [5.74, 6) is -3.96. The largest absolute Gasteiger partial charge is 0.710 e. The normalized spacial score (nSPS) is 11.3. The van der Waals surface area contributed by atoms with Crippen LogP contribution in [-0.2, 0) is 17.1 Å². The predicted molar refractivity (Wildman–Crippen MR) is 113 cm³/mol. The first kappa shape index (κ1) is 22.6. The molecule has 0 radical (unpaired) electrons. The first-order valence-corrected chi connectivity index (χ1v) is 9.79. The quantitative estimate of drug-likeness (QED) is 0.402. The van der Waals surface area contributed by atoms with E-state index < -0.39 is 30.5 Å². The molecule has 0 aliphatic carbocycles. The van der Waals surface area contributed by atoms with Gasteiger partial charge in [-0.1, -0.05) is 29.3 Å². The van der Waals surface area contributed by atoms with Crippen molar-refractivity contribution in [2.75, 3.05) is 17.2 Å². The molecule has 0 fully saturated rings. The van der Waals surface area contributed by atoms with E-state index in [2.05, 4.69) is 20.6 Å². The molecule has 0 bridgehead atoms. The number of aryl methyl sites for hydroxylation is 1. The van der Waals surface area contributed by atoms with Gasteiger partial charge in [0.2, 0.25) is 5.91 Å². The molecule has 3 aromatic heterocycles. The molecule has 0 saturated carbocycles. The molecule has 0 saturated heterocycles. The number of rotatable bonds is 7. The van der Waals surface area contributed by atoms with E-state index in [0.29, 0.717) is 10.3 Å². The summed E-state index contributed by atoms with van der Waals surface area (Å²) in [6, 6.07) is 8.43. The lowest BCUT2D eigenvalue weighted by molar-refractivity contribution is -0.598. The van der Waals surface area contributed by atoms with E-state index in [-0.39, 0.29) is 27.4 Å². The summed E-state index contributed by atoms with van der Waals surface area (Å²) in [4.78, 5) is 20.0. The van der Waals surface area contributed by atoms with E-state index in [0.717, 1.165) is 0 Å². The number of carbonyl (C=O) groups is 1. The molecule has 0 aliphatic heterocycles. The third kappa shape index (κ3) is 5.36. The molecule has 0 atom stereocenters. The number of aromatic nitrogens is 3. The van der Waals surface area contributed by atoms with Crippen LogP contribution in [0.15, 0.2) is 48.8 Å². The van der Waals surface area contributed by atoms with Crippen molar-refractivity contribution in [3.05, 3.63) is 81.0 Å². The molecule has 162 valence electrons. The second-order valence-electron chi connectivity index (χ2n) is 6.60. The lowest BCUT2D eigenvalue weighted by Crippen LogP contribution is -2.39. The van der Waals surface area contributed by atoms with Crippen molar-refractivity contribution in [3.63, 3.8) is 0 Å². The Morgan fingerprint density at radius 1 is 1.16 bits per heavy atom. The number of hydrogen-bond acceptors (Lipinski definition) is 5. The van der Waals surface area contributed by atoms with Gasteiger partial charge >= 0.3 is 5.92 Å². The fourth-order valence-corrected chi connectivity index (χ4v) is 3.04. The summed E-state index contributed by atoms with van der Waals surface area (Å²) in [6.07, 6.45) is 2.32. The number of nitrogens with zero attached hydrogens (tertiary/aromatic N) is 3. The van der Waals surface area contributed by atoms with Crippen LogP contribution < -0.4 is 15.4 Å². The number of anilines is 2. The zero-order valence-electron chi connectivity index (χ0n) is 16.2. The molecule has 1 amide bonds. The van der Waals surface area contributed by atoms with Gasteiger partial charge in [0, 0.05) is 18.5 Å². The highest BCUT2D eigenvalue weighted by atomic mass is 35.5. The highest BCUT2D eigenvalue weighted by molar-refractivity contribution is 6.34. The Labute approximate surface area is 186 Å². The van der Waals surface area contributed by atoms with Gasteiger partial charge in [0.15, 0.2) is 12.4 Å². The average molecular weight is 468 g/mol. The Balaban J connectivity index is 1.74. The van der Waals surface area contributed by atoms with Gasteiger partial charge in [-0.2, -0.15) is 8.78 Å². The third-order valence-corrected chi connectivity index (χ3v) is 5.15. The summed E-state index contributed by atoms with van der Waals surface area (Å²) in [6.45, 7) is 0.875. The molecule has 31 heavy (non-hydrogen) atoms. The fourth-order valence-electron chi connectivity index (χ4n) is 2.67. The van der Waals surface area contributed by atoms with Gasteiger partial charge < -0.3 is 10.5 Å². The highest BCUT2D eigenvalue weighted by Gasteiger charge is 2.35. The van der Waals surface area contributed by atoms with Gasteiger partial charge in [-0.15, -0.1) is 0 Å². The molecule has 7 nitrogen and oxygen atoms in total. The lowest BCUT2D eigenvalue weighted by atomic mass is 10.2. The van der Waals surface area contributed by atoms with E-state index in [9.17, 15) is 18.8 Å². The van der Waals surface area contributed by atoms with Crippen LogP contribution in [0, 0.1) is 12.1 Å². The molecule has 3 aromatic rings. The van der Waals surface area contributed by atoms with Crippen LogP contribution in [0.2, 0.25) is 10.0 Å². The maximum absolute atomic E-state index is 14.3. The number of amides is 1. The van der Waals surface area contributed by atoms with Crippen molar-refractivity contribution in [2.45, 2.75) is 19.3 Å². The minimum atomic E-state index is -3.32. The molecule has 2 N–H and O–H groups in total. The molecule has 3 heterocycles. The smallest absolute Gasteiger partial charge is 0.325 e. The molecule has 11 heteroatoms. The topological polar surface area (TPSA) is 93.8 Å². The molecule has 0 aromatic carbocycles. The van der Waals surface area contributed by atoms with Crippen LogP contribution >= 0.6 is 23.2 Å². The number of halogens is 4. The van der Waals surface area contributed by atoms with Crippen LogP contribution in [0.25, 0.3) is 0 Å². The summed E-state index contributed by atoms with van der Waals surface area (Å²) in [5.41, 5.74) is 0.161. The Hall–Kier alpha value is -3.04. The summed E-state index contributed by atoms with van der Waals surface area (Å²) in [5, 5.41) is 17.8. The summed E-state index contributed by atoms with van der Waals surface area (Å²) >= 11 is 12.2. The second-order valence-corrected chi connectivity index (χ2v) is 7.38. The Kier molecular flexibility index (Phi) is 6.87. The SMILES string of the molecule is Cc1ccnc(NC(=O)Cc2c(Cl)ccc(NCC(F)(F)c3ccccn3)[n+]2[O-])c1Cl. The number of alkyl halides is 2. The van der Waals surface area contributed by atoms with Crippen LogP contribution in [-0.4, -0.2) is 22.4 Å². The van der Waals surface area contributed by atoms with E-state index in [1.807, 2.05) is 0 Å². The number of nitrogens with one attached hydrogen (secondary N) is 2. The predicted octanol–water partition coefficient (Wildman–Crippen LogP) is 4.11. The lowest BCUT2D eigenvalue weighted by Gasteiger charge is -2.18. The minimum absolute atomic E-state index is 0.00971. The summed E-state index contributed by atoms with van der Waals surface area (Å²) < 4.78 is 29.0. The van der Waals surface area contributed by atoms with E-state index in [1.165, 1.54) is 42.7 Å². The van der Waals surface area contributed by atoms with Gasteiger partial charge in [-0.3, -0.25) is 15.1 Å². The molecular weight excluding hydrogens is 451 g/mol. The number of pyridine rings is 3. The zero-order chi connectivity index (χ0) is 22.6. The Morgan fingerprint density at radius 3 is 2.65 bits per heavy atom. The second kappa shape index (κ2) is 9.40. The average Bonchev–Trinajstić information content (AvgIpc) is 2.74. The van der Waals surface area contributed by atoms with Crippen molar-refractivity contribution >= 4 is 40.7 Å². The highest BCUT2D eigenvalue weighted by Crippen LogP contribution is 2.27. The van der Waals surface area contributed by atoms with E-state index in [4.69, 9.17) is 23.2 Å². The van der Waals surface area contributed by atoms with Crippen LogP contribution in [0.5, 0.6) is 0 Å². The fraction of sp³-hybridized carbons (Fsp3) is 0.200. The monoisotopic (exact) mass is 467 g/mol. The van der Waals surface area contributed by atoms with Crippen LogP contribution in [0.3, 0.4) is 0 Å². The number of carbonyl (C=O) groups excluding carboxylic acids is 1. The summed E-state index contributed by atoms with van der Waals surface area (Å²) in [7, 11) is 0. The van der Waals surface area contributed by atoms with Crippen molar-refractivity contribution < 1.29 is 18.3 Å². The third-order valence-electron chi connectivity index (χ3n) is 4.33. The van der Waals surface area contributed by atoms with Gasteiger partial charge in [-0.25, -0.2) is 9.71 Å². The maximum atomic E-state index is 14.3. The van der Waals surface area contributed by atoms with Crippen molar-refractivity contribution in [1.82, 2.24) is 9.97 Å². The molecule has 3 rings (SSSR count). The van der Waals surface area contributed by atoms with Crippen molar-refractivity contribution in [3.8, 4) is 0 Å². The van der Waals surface area contributed by atoms with E-state index in [1.54, 1.807) is 13.0 Å². The first-order chi connectivity index (χ1) is 14.7. The molecule has 0 aliphatic rings. The molecule has 0 spiro atoms. The van der Waals surface area contributed by atoms with Crippen molar-refractivity contribution in [1.29, 1.82) is 0 Å². The standard InChI is InChI=1S/C20H17Cl2F2N5O2/c1-12-7-9-26-19(18(12)22)28-17(30)10-14-13(21)5-6-16(29(14)31)27-11-20(23,24)15-4-2-3-8-25-15/h2-9,27H,10-11H2,1H3,(H,26,28,30). The Morgan fingerprint density at radius 2 is 1.94 bits per heavy atom. The zero-order valence-corrected chi connectivity index (χ0v) is 17.7. The van der Waals surface area contributed by atoms with Crippen LogP contribution in [0.1, 0.15) is 17.0 Å². The van der Waals surface area contributed by atoms with Gasteiger partial charge in [-0.05, 0) is 36.8 Å². The maximum Gasteiger partial charge on any atom is 0.325 e. The van der Waals surface area contributed by atoms with E-state index >= 15 is 0 Å². The van der Waals surface area contributed by atoms with Crippen molar-refractivity contribution in [2.24, 2.45) is 0 Å². The minimum Gasteiger partial charge on any atom is -0.710 e. The van der Waals surface area contributed by atoms with Crippen LogP contribution in [0.4, 0.5) is 20.4 Å². The molecular formula is C20H17Cl2F2N5O2. The van der Waals surface area contributed by atoms with Gasteiger partial charge in [0.05, 0.1) is 16.5 Å².